The van der Waals surface area contributed by atoms with Gasteiger partial charge in [-0.2, -0.15) is 0 Å². The fourth-order valence-electron chi connectivity index (χ4n) is 2.68. The first-order chi connectivity index (χ1) is 12.0. The average Bonchev–Trinajstić information content (AvgIpc) is 3.09. The minimum Gasteiger partial charge on any atom is -0.460 e. The van der Waals surface area contributed by atoms with Gasteiger partial charge in [0.2, 0.25) is 5.91 Å². The summed E-state index contributed by atoms with van der Waals surface area (Å²) in [7, 11) is 0. The van der Waals surface area contributed by atoms with Crippen LogP contribution in [0.15, 0.2) is 65.1 Å². The van der Waals surface area contributed by atoms with Gasteiger partial charge in [-0.15, -0.1) is 0 Å². The van der Waals surface area contributed by atoms with E-state index in [-0.39, 0.29) is 6.04 Å². The van der Waals surface area contributed by atoms with E-state index in [4.69, 9.17) is 10.2 Å². The molecule has 3 aromatic rings. The van der Waals surface area contributed by atoms with E-state index < -0.39 is 5.91 Å². The van der Waals surface area contributed by atoms with Gasteiger partial charge < -0.3 is 15.5 Å². The molecule has 0 unspecified atom stereocenters. The van der Waals surface area contributed by atoms with Crippen LogP contribution in [0.4, 0.5) is 0 Å². The van der Waals surface area contributed by atoms with Gasteiger partial charge in [0.15, 0.2) is 0 Å². The Hall–Kier alpha value is -2.85. The van der Waals surface area contributed by atoms with Crippen LogP contribution in [0.3, 0.4) is 0 Å². The minimum atomic E-state index is -0.442. The van der Waals surface area contributed by atoms with Crippen molar-refractivity contribution in [3.8, 4) is 11.3 Å². The lowest BCUT2D eigenvalue weighted by Gasteiger charge is -2.13. The van der Waals surface area contributed by atoms with Gasteiger partial charge in [-0.25, -0.2) is 0 Å². The zero-order valence-corrected chi connectivity index (χ0v) is 14.5. The zero-order valence-electron chi connectivity index (χ0n) is 14.5. The summed E-state index contributed by atoms with van der Waals surface area (Å²) in [6.07, 6.45) is 0. The lowest BCUT2D eigenvalue weighted by molar-refractivity contribution is 0.100. The Morgan fingerprint density at radius 1 is 1.12 bits per heavy atom. The maximum atomic E-state index is 11.3. The third kappa shape index (κ3) is 4.17. The summed E-state index contributed by atoms with van der Waals surface area (Å²) in [5.41, 5.74) is 9.14. The Balaban J connectivity index is 1.66. The van der Waals surface area contributed by atoms with E-state index in [1.54, 1.807) is 18.2 Å². The van der Waals surface area contributed by atoms with Crippen molar-refractivity contribution >= 4 is 5.91 Å². The van der Waals surface area contributed by atoms with Crippen LogP contribution in [-0.2, 0) is 6.54 Å². The highest BCUT2D eigenvalue weighted by Crippen LogP contribution is 2.23. The first-order valence-electron chi connectivity index (χ1n) is 8.32. The van der Waals surface area contributed by atoms with E-state index in [0.29, 0.717) is 12.1 Å². The number of carbonyl (C=O) groups excluding carboxylic acids is 1. The summed E-state index contributed by atoms with van der Waals surface area (Å²) in [5.74, 6) is 1.13. The number of furan rings is 1. The molecule has 1 amide bonds. The molecule has 128 valence electrons. The molecule has 0 spiro atoms. The molecule has 4 nitrogen and oxygen atoms in total. The standard InChI is InChI=1S/C21H22N2O2/c1-14-6-8-16(9-7-14)15(2)23-13-19-10-11-20(25-19)17-4-3-5-18(12-17)21(22)24/h3-12,15,23H,13H2,1-2H3,(H2,22,24)/t15-/m1/s1. The van der Waals surface area contributed by atoms with E-state index in [0.717, 1.165) is 17.1 Å². The fourth-order valence-corrected chi connectivity index (χ4v) is 2.68. The van der Waals surface area contributed by atoms with Crippen molar-refractivity contribution in [2.24, 2.45) is 5.73 Å². The molecule has 25 heavy (non-hydrogen) atoms. The van der Waals surface area contributed by atoms with Crippen LogP contribution in [0.25, 0.3) is 11.3 Å². The summed E-state index contributed by atoms with van der Waals surface area (Å²) >= 11 is 0. The summed E-state index contributed by atoms with van der Waals surface area (Å²) < 4.78 is 5.90. The van der Waals surface area contributed by atoms with Gasteiger partial charge in [-0.1, -0.05) is 42.0 Å². The number of carbonyl (C=O) groups is 1. The second kappa shape index (κ2) is 7.36. The monoisotopic (exact) mass is 334 g/mol. The van der Waals surface area contributed by atoms with Crippen LogP contribution in [0.2, 0.25) is 0 Å². The van der Waals surface area contributed by atoms with Crippen LogP contribution >= 0.6 is 0 Å². The SMILES string of the molecule is Cc1ccc([C@@H](C)NCc2ccc(-c3cccc(C(N)=O)c3)o2)cc1. The van der Waals surface area contributed by atoms with Gasteiger partial charge in [0.25, 0.3) is 0 Å². The van der Waals surface area contributed by atoms with E-state index in [2.05, 4.69) is 43.4 Å². The highest BCUT2D eigenvalue weighted by molar-refractivity contribution is 5.93. The number of amides is 1. The molecule has 0 radical (unpaired) electrons. The number of hydrogen-bond donors (Lipinski definition) is 2. The number of aryl methyl sites for hydroxylation is 1. The predicted octanol–water partition coefficient (Wildman–Crippen LogP) is 4.20. The molecule has 1 atom stereocenters. The molecule has 0 aliphatic heterocycles. The Kier molecular flexibility index (Phi) is 5.00. The number of nitrogens with two attached hydrogens (primary N) is 1. The molecule has 1 aromatic heterocycles. The molecule has 0 fully saturated rings. The lowest BCUT2D eigenvalue weighted by atomic mass is 10.1. The Labute approximate surface area is 147 Å². The van der Waals surface area contributed by atoms with Crippen LogP contribution in [0.1, 0.15) is 40.2 Å². The largest absolute Gasteiger partial charge is 0.460 e. The molecule has 0 saturated heterocycles. The van der Waals surface area contributed by atoms with Crippen LogP contribution in [0.5, 0.6) is 0 Å². The van der Waals surface area contributed by atoms with Crippen molar-refractivity contribution in [2.75, 3.05) is 0 Å². The van der Waals surface area contributed by atoms with Gasteiger partial charge in [-0.05, 0) is 43.7 Å². The van der Waals surface area contributed by atoms with Crippen molar-refractivity contribution < 1.29 is 9.21 Å². The first-order valence-corrected chi connectivity index (χ1v) is 8.32. The van der Waals surface area contributed by atoms with Gasteiger partial charge in [0.1, 0.15) is 11.5 Å². The number of hydrogen-bond acceptors (Lipinski definition) is 3. The van der Waals surface area contributed by atoms with Gasteiger partial charge in [0.05, 0.1) is 6.54 Å². The third-order valence-corrected chi connectivity index (χ3v) is 4.25. The van der Waals surface area contributed by atoms with Gasteiger partial charge in [0, 0.05) is 17.2 Å². The molecule has 3 N–H and O–H groups in total. The van der Waals surface area contributed by atoms with E-state index in [1.807, 2.05) is 18.2 Å². The summed E-state index contributed by atoms with van der Waals surface area (Å²) in [5, 5.41) is 3.46. The molecule has 0 aliphatic carbocycles. The zero-order chi connectivity index (χ0) is 17.8. The number of primary amides is 1. The number of rotatable bonds is 6. The second-order valence-corrected chi connectivity index (χ2v) is 6.22. The average molecular weight is 334 g/mol. The Morgan fingerprint density at radius 2 is 1.88 bits per heavy atom. The fraction of sp³-hybridized carbons (Fsp3) is 0.190. The maximum absolute atomic E-state index is 11.3. The molecule has 4 heteroatoms. The van der Waals surface area contributed by atoms with Gasteiger partial charge >= 0.3 is 0 Å². The van der Waals surface area contributed by atoms with Gasteiger partial charge in [-0.3, -0.25) is 4.79 Å². The number of benzene rings is 2. The third-order valence-electron chi connectivity index (χ3n) is 4.25. The summed E-state index contributed by atoms with van der Waals surface area (Å²) in [6.45, 7) is 4.84. The highest BCUT2D eigenvalue weighted by Gasteiger charge is 2.09. The van der Waals surface area contributed by atoms with Crippen LogP contribution in [0, 0.1) is 6.92 Å². The summed E-state index contributed by atoms with van der Waals surface area (Å²) in [4.78, 5) is 11.3. The minimum absolute atomic E-state index is 0.229. The first kappa shape index (κ1) is 17.0. The number of nitrogens with one attached hydrogen (secondary N) is 1. The van der Waals surface area contributed by atoms with Crippen molar-refractivity contribution in [2.45, 2.75) is 26.4 Å². The highest BCUT2D eigenvalue weighted by atomic mass is 16.3. The normalized spacial score (nSPS) is 12.1. The van der Waals surface area contributed by atoms with Crippen LogP contribution in [-0.4, -0.2) is 5.91 Å². The molecule has 0 saturated carbocycles. The van der Waals surface area contributed by atoms with E-state index in [1.165, 1.54) is 11.1 Å². The molecular formula is C21H22N2O2. The Morgan fingerprint density at radius 3 is 2.60 bits per heavy atom. The summed E-state index contributed by atoms with van der Waals surface area (Å²) in [6, 6.07) is 19.7. The van der Waals surface area contributed by atoms with Crippen molar-refractivity contribution in [3.05, 3.63) is 83.1 Å². The predicted molar refractivity (Wildman–Crippen MR) is 99.1 cm³/mol. The molecule has 2 aromatic carbocycles. The van der Waals surface area contributed by atoms with E-state index >= 15 is 0 Å². The van der Waals surface area contributed by atoms with Crippen molar-refractivity contribution in [1.82, 2.24) is 5.32 Å². The molecule has 0 bridgehead atoms. The topological polar surface area (TPSA) is 68.3 Å². The maximum Gasteiger partial charge on any atom is 0.248 e. The van der Waals surface area contributed by atoms with Crippen molar-refractivity contribution in [1.29, 1.82) is 0 Å². The van der Waals surface area contributed by atoms with Crippen molar-refractivity contribution in [3.63, 3.8) is 0 Å². The smallest absolute Gasteiger partial charge is 0.248 e. The molecule has 3 rings (SSSR count). The quantitative estimate of drug-likeness (QED) is 0.710. The van der Waals surface area contributed by atoms with Crippen LogP contribution < -0.4 is 11.1 Å². The second-order valence-electron chi connectivity index (χ2n) is 6.22. The molecule has 1 heterocycles. The lowest BCUT2D eigenvalue weighted by Crippen LogP contribution is -2.17. The Bertz CT molecular complexity index is 866. The molecule has 0 aliphatic rings. The van der Waals surface area contributed by atoms with E-state index in [9.17, 15) is 4.79 Å². The molecular weight excluding hydrogens is 312 g/mol.